The van der Waals surface area contributed by atoms with Crippen molar-refractivity contribution in [3.8, 4) is 0 Å². The van der Waals surface area contributed by atoms with Gasteiger partial charge in [0.25, 0.3) is 5.56 Å². The van der Waals surface area contributed by atoms with Crippen LogP contribution in [0, 0.1) is 25.6 Å². The fourth-order valence-electron chi connectivity index (χ4n) is 3.00. The maximum atomic E-state index is 13.2. The largest absolute Gasteiger partial charge is 0.352 e. The summed E-state index contributed by atoms with van der Waals surface area (Å²) >= 11 is 0. The molecule has 1 fully saturated rings. The quantitative estimate of drug-likeness (QED) is 0.911. The number of carbonyl (C=O) groups is 1. The van der Waals surface area contributed by atoms with Gasteiger partial charge in [0.1, 0.15) is 5.82 Å². The van der Waals surface area contributed by atoms with Gasteiger partial charge in [-0.25, -0.2) is 4.39 Å². The van der Waals surface area contributed by atoms with E-state index in [-0.39, 0.29) is 35.7 Å². The molecule has 1 saturated carbocycles. The Balaban J connectivity index is 1.63. The lowest BCUT2D eigenvalue weighted by atomic mass is 10.1. The van der Waals surface area contributed by atoms with E-state index in [4.69, 9.17) is 0 Å². The van der Waals surface area contributed by atoms with Crippen molar-refractivity contribution in [2.24, 2.45) is 5.92 Å². The van der Waals surface area contributed by atoms with E-state index in [9.17, 15) is 14.0 Å². The molecule has 1 heterocycles. The molecule has 0 aliphatic heterocycles. The molecule has 4 nitrogen and oxygen atoms in total. The molecule has 3 rings (SSSR count). The van der Waals surface area contributed by atoms with E-state index in [0.717, 1.165) is 23.2 Å². The molecular weight excluding hydrogens is 295 g/mol. The van der Waals surface area contributed by atoms with Crippen molar-refractivity contribution in [1.82, 2.24) is 10.3 Å². The number of benzene rings is 1. The van der Waals surface area contributed by atoms with Crippen LogP contribution < -0.4 is 10.9 Å². The molecule has 23 heavy (non-hydrogen) atoms. The van der Waals surface area contributed by atoms with Gasteiger partial charge in [-0.1, -0.05) is 12.1 Å². The highest BCUT2D eigenvalue weighted by molar-refractivity contribution is 5.82. The predicted molar refractivity (Wildman–Crippen MR) is 85.6 cm³/mol. The highest BCUT2D eigenvalue weighted by Gasteiger charge is 2.43. The van der Waals surface area contributed by atoms with Crippen LogP contribution >= 0.6 is 0 Å². The van der Waals surface area contributed by atoms with E-state index in [1.54, 1.807) is 6.07 Å². The van der Waals surface area contributed by atoms with E-state index in [1.807, 2.05) is 26.0 Å². The van der Waals surface area contributed by atoms with Crippen molar-refractivity contribution >= 4 is 5.91 Å². The number of rotatable bonds is 4. The highest BCUT2D eigenvalue weighted by Crippen LogP contribution is 2.47. The van der Waals surface area contributed by atoms with Crippen molar-refractivity contribution in [2.75, 3.05) is 0 Å². The van der Waals surface area contributed by atoms with Gasteiger partial charge in [-0.15, -0.1) is 0 Å². The molecule has 0 bridgehead atoms. The van der Waals surface area contributed by atoms with Crippen molar-refractivity contribution in [3.05, 3.63) is 68.9 Å². The SMILES string of the molecule is Cc1cc(C)c(CNC(=O)[C@H]2C[C@H]2c2cccc(F)c2)c(=O)[nH]1. The van der Waals surface area contributed by atoms with E-state index < -0.39 is 0 Å². The van der Waals surface area contributed by atoms with Crippen LogP contribution in [-0.4, -0.2) is 10.9 Å². The molecule has 1 amide bonds. The molecule has 2 atom stereocenters. The van der Waals surface area contributed by atoms with E-state index in [1.165, 1.54) is 12.1 Å². The molecule has 2 aromatic rings. The van der Waals surface area contributed by atoms with Gasteiger partial charge in [0.15, 0.2) is 0 Å². The van der Waals surface area contributed by atoms with Crippen LogP contribution in [0.25, 0.3) is 0 Å². The molecule has 1 aromatic heterocycles. The summed E-state index contributed by atoms with van der Waals surface area (Å²) in [6.07, 6.45) is 0.721. The summed E-state index contributed by atoms with van der Waals surface area (Å²) in [5.41, 5.74) is 2.93. The molecular formula is C18H19FN2O2. The second-order valence-corrected chi connectivity index (χ2v) is 6.16. The first-order valence-electron chi connectivity index (χ1n) is 7.68. The number of carbonyl (C=O) groups excluding carboxylic acids is 1. The number of pyridine rings is 1. The molecule has 0 spiro atoms. The second kappa shape index (κ2) is 5.99. The standard InChI is InChI=1S/C18H19FN2O2/c1-10-6-11(2)21-18(23)16(10)9-20-17(22)15-8-14(15)12-4-3-5-13(19)7-12/h3-7,14-15H,8-9H2,1-2H3,(H,20,22)(H,21,23)/t14-,15-/m0/s1. The fourth-order valence-corrected chi connectivity index (χ4v) is 3.00. The van der Waals surface area contributed by atoms with Crippen molar-refractivity contribution in [2.45, 2.75) is 32.7 Å². The van der Waals surface area contributed by atoms with Crippen molar-refractivity contribution < 1.29 is 9.18 Å². The third kappa shape index (κ3) is 3.33. The number of amides is 1. The molecule has 0 radical (unpaired) electrons. The number of halogens is 1. The molecule has 0 unspecified atom stereocenters. The minimum absolute atomic E-state index is 0.0723. The molecule has 2 N–H and O–H groups in total. The number of H-pyrrole nitrogens is 1. The Hall–Kier alpha value is -2.43. The smallest absolute Gasteiger partial charge is 0.253 e. The fraction of sp³-hybridized carbons (Fsp3) is 0.333. The Morgan fingerprint density at radius 2 is 2.13 bits per heavy atom. The summed E-state index contributed by atoms with van der Waals surface area (Å²) in [6.45, 7) is 3.90. The Kier molecular flexibility index (Phi) is 4.03. The lowest BCUT2D eigenvalue weighted by Gasteiger charge is -2.08. The first-order valence-corrected chi connectivity index (χ1v) is 7.68. The van der Waals surface area contributed by atoms with E-state index >= 15 is 0 Å². The Bertz CT molecular complexity index is 813. The molecule has 0 saturated heterocycles. The number of aromatic nitrogens is 1. The number of aromatic amines is 1. The lowest BCUT2D eigenvalue weighted by molar-refractivity contribution is -0.122. The average Bonchev–Trinajstić information content (AvgIpc) is 3.26. The van der Waals surface area contributed by atoms with Gasteiger partial charge < -0.3 is 10.3 Å². The zero-order valence-electron chi connectivity index (χ0n) is 13.2. The van der Waals surface area contributed by atoms with Crippen molar-refractivity contribution in [1.29, 1.82) is 0 Å². The normalized spacial score (nSPS) is 19.4. The maximum absolute atomic E-state index is 13.2. The minimum Gasteiger partial charge on any atom is -0.352 e. The Morgan fingerprint density at radius 1 is 1.35 bits per heavy atom. The van der Waals surface area contributed by atoms with Gasteiger partial charge in [-0.2, -0.15) is 0 Å². The van der Waals surface area contributed by atoms with Crippen LogP contribution in [-0.2, 0) is 11.3 Å². The zero-order chi connectivity index (χ0) is 16.6. The van der Waals surface area contributed by atoms with Gasteiger partial charge >= 0.3 is 0 Å². The average molecular weight is 314 g/mol. The van der Waals surface area contributed by atoms with E-state index in [0.29, 0.717) is 5.56 Å². The molecule has 1 aliphatic rings. The van der Waals surface area contributed by atoms with Crippen molar-refractivity contribution in [3.63, 3.8) is 0 Å². The molecule has 1 aliphatic carbocycles. The Morgan fingerprint density at radius 3 is 2.83 bits per heavy atom. The number of hydrogen-bond donors (Lipinski definition) is 2. The van der Waals surface area contributed by atoms with Crippen LogP contribution in [0.4, 0.5) is 4.39 Å². The van der Waals surface area contributed by atoms with Crippen LogP contribution in [0.2, 0.25) is 0 Å². The number of nitrogens with one attached hydrogen (secondary N) is 2. The third-order valence-electron chi connectivity index (χ3n) is 4.34. The summed E-state index contributed by atoms with van der Waals surface area (Å²) in [7, 11) is 0. The lowest BCUT2D eigenvalue weighted by Crippen LogP contribution is -2.29. The third-order valence-corrected chi connectivity index (χ3v) is 4.34. The van der Waals surface area contributed by atoms with Gasteiger partial charge in [-0.3, -0.25) is 9.59 Å². The first-order chi connectivity index (χ1) is 11.0. The molecule has 1 aromatic carbocycles. The van der Waals surface area contributed by atoms with Crippen LogP contribution in [0.3, 0.4) is 0 Å². The first kappa shape index (κ1) is 15.5. The number of aryl methyl sites for hydroxylation is 2. The van der Waals surface area contributed by atoms with E-state index in [2.05, 4.69) is 10.3 Å². The molecule has 5 heteroatoms. The van der Waals surface area contributed by atoms with Gasteiger partial charge in [-0.05, 0) is 55.5 Å². The topological polar surface area (TPSA) is 62.0 Å². The monoisotopic (exact) mass is 314 g/mol. The Labute approximate surface area is 133 Å². The minimum atomic E-state index is -0.282. The van der Waals surface area contributed by atoms with Gasteiger partial charge in [0, 0.05) is 23.7 Å². The van der Waals surface area contributed by atoms with Crippen LogP contribution in [0.1, 0.15) is 34.7 Å². The molecule has 120 valence electrons. The predicted octanol–water partition coefficient (Wildman–Crippen LogP) is 2.55. The second-order valence-electron chi connectivity index (χ2n) is 6.16. The van der Waals surface area contributed by atoms with Gasteiger partial charge in [0.2, 0.25) is 5.91 Å². The summed E-state index contributed by atoms with van der Waals surface area (Å²) in [5.74, 6) is -0.432. The van der Waals surface area contributed by atoms with Crippen LogP contribution in [0.15, 0.2) is 35.1 Å². The maximum Gasteiger partial charge on any atom is 0.253 e. The summed E-state index contributed by atoms with van der Waals surface area (Å²) < 4.78 is 13.2. The highest BCUT2D eigenvalue weighted by atomic mass is 19.1. The zero-order valence-corrected chi connectivity index (χ0v) is 13.2. The summed E-state index contributed by atoms with van der Waals surface area (Å²) in [4.78, 5) is 26.9. The summed E-state index contributed by atoms with van der Waals surface area (Å²) in [5, 5.41) is 2.82. The number of hydrogen-bond acceptors (Lipinski definition) is 2. The van der Waals surface area contributed by atoms with Gasteiger partial charge in [0.05, 0.1) is 0 Å². The van der Waals surface area contributed by atoms with Crippen LogP contribution in [0.5, 0.6) is 0 Å². The summed E-state index contributed by atoms with van der Waals surface area (Å²) in [6, 6.07) is 8.26.